The number of hydrogen-bond acceptors (Lipinski definition) is 3. The lowest BCUT2D eigenvalue weighted by molar-refractivity contribution is -0.150. The highest BCUT2D eigenvalue weighted by Gasteiger charge is 2.23. The van der Waals surface area contributed by atoms with E-state index in [2.05, 4.69) is 4.99 Å². The lowest BCUT2D eigenvalue weighted by Gasteiger charge is -2.03. The minimum absolute atomic E-state index is 0.271. The van der Waals surface area contributed by atoms with E-state index in [9.17, 15) is 18.4 Å². The minimum atomic E-state index is -1.88. The lowest BCUT2D eigenvalue weighted by Crippen LogP contribution is -2.24. The van der Waals surface area contributed by atoms with Gasteiger partial charge in [-0.25, -0.2) is 8.78 Å². The van der Waals surface area contributed by atoms with Crippen molar-refractivity contribution >= 4 is 23.8 Å². The largest absolute Gasteiger partial charge is 0.480 e. The van der Waals surface area contributed by atoms with E-state index in [0.717, 1.165) is 12.1 Å². The number of nitrogens with zero attached hydrogens (tertiary/aromatic N) is 1. The van der Waals surface area contributed by atoms with Crippen LogP contribution in [0.2, 0.25) is 0 Å². The molecule has 0 aliphatic rings. The van der Waals surface area contributed by atoms with Crippen LogP contribution in [0.1, 0.15) is 5.56 Å². The molecule has 0 aliphatic heterocycles. The zero-order valence-electron chi connectivity index (χ0n) is 9.22. The van der Waals surface area contributed by atoms with E-state index >= 15 is 0 Å². The Morgan fingerprint density at radius 1 is 1.28 bits per heavy atom. The van der Waals surface area contributed by atoms with E-state index in [1.807, 2.05) is 0 Å². The molecule has 0 aliphatic carbocycles. The Morgan fingerprint density at radius 3 is 2.33 bits per heavy atom. The van der Waals surface area contributed by atoms with Gasteiger partial charge in [-0.15, -0.1) is 0 Å². The fourth-order valence-corrected chi connectivity index (χ4v) is 1.13. The topological polar surface area (TPSA) is 87.0 Å². The number of carboxylic acids is 2. The van der Waals surface area contributed by atoms with Gasteiger partial charge in [0.15, 0.2) is 11.7 Å². The van der Waals surface area contributed by atoms with Crippen molar-refractivity contribution in [3.05, 3.63) is 29.3 Å². The summed E-state index contributed by atoms with van der Waals surface area (Å²) < 4.78 is 26.4. The van der Waals surface area contributed by atoms with Gasteiger partial charge in [-0.2, -0.15) is 0 Å². The van der Waals surface area contributed by atoms with Gasteiger partial charge in [-0.3, -0.25) is 14.6 Å². The molecule has 1 aromatic rings. The molecule has 0 unspecified atom stereocenters. The van der Waals surface area contributed by atoms with Gasteiger partial charge < -0.3 is 10.2 Å². The van der Waals surface area contributed by atoms with Crippen molar-refractivity contribution in [1.29, 1.82) is 0 Å². The van der Waals surface area contributed by atoms with Crippen LogP contribution in [0.4, 0.5) is 14.5 Å². The zero-order chi connectivity index (χ0) is 13.9. The number of carboxylic acid groups (broad SMARTS) is 2. The van der Waals surface area contributed by atoms with Crippen molar-refractivity contribution < 1.29 is 28.6 Å². The van der Waals surface area contributed by atoms with Crippen molar-refractivity contribution in [1.82, 2.24) is 0 Å². The summed E-state index contributed by atoms with van der Waals surface area (Å²) in [4.78, 5) is 24.5. The summed E-state index contributed by atoms with van der Waals surface area (Å²) in [5, 5.41) is 17.1. The number of rotatable bonds is 4. The van der Waals surface area contributed by atoms with Crippen molar-refractivity contribution in [2.45, 2.75) is 6.92 Å². The number of carbonyl (C=O) groups is 2. The first-order valence-corrected chi connectivity index (χ1v) is 4.79. The molecule has 1 rings (SSSR count). The molecule has 0 fully saturated rings. The first-order chi connectivity index (χ1) is 8.34. The van der Waals surface area contributed by atoms with Crippen LogP contribution < -0.4 is 0 Å². The van der Waals surface area contributed by atoms with Crippen LogP contribution in [-0.2, 0) is 9.59 Å². The average molecular weight is 257 g/mol. The third kappa shape index (κ3) is 2.88. The highest BCUT2D eigenvalue weighted by atomic mass is 19.1. The van der Waals surface area contributed by atoms with Crippen LogP contribution in [0.3, 0.4) is 0 Å². The van der Waals surface area contributed by atoms with E-state index in [4.69, 9.17) is 10.2 Å². The van der Waals surface area contributed by atoms with Crippen molar-refractivity contribution in [3.8, 4) is 0 Å². The molecule has 0 amide bonds. The van der Waals surface area contributed by atoms with Crippen LogP contribution in [0.15, 0.2) is 17.1 Å². The molecule has 0 saturated carbocycles. The Bertz CT molecular complexity index is 514. The van der Waals surface area contributed by atoms with Gasteiger partial charge in [0.25, 0.3) is 0 Å². The third-order valence-corrected chi connectivity index (χ3v) is 2.19. The quantitative estimate of drug-likeness (QED) is 0.635. The highest BCUT2D eigenvalue weighted by Crippen LogP contribution is 2.22. The molecule has 5 nitrogen and oxygen atoms in total. The summed E-state index contributed by atoms with van der Waals surface area (Å²) >= 11 is 0. The summed E-state index contributed by atoms with van der Waals surface area (Å²) in [7, 11) is 0. The lowest BCUT2D eigenvalue weighted by atomic mass is 10.1. The summed E-state index contributed by atoms with van der Waals surface area (Å²) in [6.45, 7) is 1.19. The predicted octanol–water partition coefficient (Wildman–Crippen LogP) is 1.76. The van der Waals surface area contributed by atoms with Crippen molar-refractivity contribution in [2.24, 2.45) is 10.9 Å². The molecule has 0 radical (unpaired) electrons. The fraction of sp³-hybridized carbons (Fsp3) is 0.182. The Hall–Kier alpha value is -2.31. The second-order valence-electron chi connectivity index (χ2n) is 3.44. The standard InChI is InChI=1S/C11H9F2NO4/c1-5-7(12)2-3-8(9(5)13)14-4-6(10(15)16)11(17)18/h2-4,6H,1H3,(H,15,16)(H,17,18). The first-order valence-electron chi connectivity index (χ1n) is 4.79. The molecular weight excluding hydrogens is 248 g/mol. The van der Waals surface area contributed by atoms with E-state index in [1.54, 1.807) is 0 Å². The van der Waals surface area contributed by atoms with Gasteiger partial charge in [0, 0.05) is 11.8 Å². The first kappa shape index (κ1) is 13.8. The summed E-state index contributed by atoms with van der Waals surface area (Å²) in [6, 6.07) is 1.95. The molecule has 0 heterocycles. The number of halogens is 2. The Balaban J connectivity index is 3.07. The molecule has 0 spiro atoms. The Kier molecular flexibility index (Phi) is 4.09. The molecule has 0 saturated heterocycles. The summed E-state index contributed by atoms with van der Waals surface area (Å²) in [6.07, 6.45) is 0.584. The van der Waals surface area contributed by atoms with Gasteiger partial charge >= 0.3 is 11.9 Å². The molecule has 0 aromatic heterocycles. The predicted molar refractivity (Wildman–Crippen MR) is 58.0 cm³/mol. The van der Waals surface area contributed by atoms with E-state index < -0.39 is 29.5 Å². The van der Waals surface area contributed by atoms with Crippen molar-refractivity contribution in [3.63, 3.8) is 0 Å². The molecule has 7 heteroatoms. The smallest absolute Gasteiger partial charge is 0.323 e. The van der Waals surface area contributed by atoms with Gasteiger partial charge in [-0.05, 0) is 19.1 Å². The normalized spacial score (nSPS) is 11.1. The van der Waals surface area contributed by atoms with Crippen LogP contribution in [0, 0.1) is 24.5 Å². The summed E-state index contributed by atoms with van der Waals surface area (Å²) in [5.74, 6) is -6.84. The maximum atomic E-state index is 13.5. The zero-order valence-corrected chi connectivity index (χ0v) is 9.22. The SMILES string of the molecule is Cc1c(F)ccc(N=CC(C(=O)O)C(=O)O)c1F. The van der Waals surface area contributed by atoms with Gasteiger partial charge in [-0.1, -0.05) is 0 Å². The molecule has 18 heavy (non-hydrogen) atoms. The monoisotopic (exact) mass is 257 g/mol. The fourth-order valence-electron chi connectivity index (χ4n) is 1.13. The average Bonchev–Trinajstić information content (AvgIpc) is 2.28. The van der Waals surface area contributed by atoms with Crippen LogP contribution in [0.5, 0.6) is 0 Å². The maximum absolute atomic E-state index is 13.5. The number of hydrogen-bond donors (Lipinski definition) is 2. The molecule has 0 bridgehead atoms. The molecule has 96 valence electrons. The summed E-state index contributed by atoms with van der Waals surface area (Å²) in [5.41, 5.74) is -0.590. The van der Waals surface area contributed by atoms with Crippen LogP contribution in [0.25, 0.3) is 0 Å². The Labute approximate surface area is 100 Å². The second kappa shape index (κ2) is 5.35. The molecule has 0 atom stereocenters. The van der Waals surface area contributed by atoms with Crippen LogP contribution >= 0.6 is 0 Å². The highest BCUT2D eigenvalue weighted by molar-refractivity contribution is 6.08. The van der Waals surface area contributed by atoms with Gasteiger partial charge in [0.2, 0.25) is 0 Å². The Morgan fingerprint density at radius 2 is 1.83 bits per heavy atom. The molecular formula is C11H9F2NO4. The van der Waals surface area contributed by atoms with Gasteiger partial charge in [0.1, 0.15) is 5.82 Å². The number of aliphatic imine (C=N–C) groups is 1. The third-order valence-electron chi connectivity index (χ3n) is 2.19. The molecule has 1 aromatic carbocycles. The number of benzene rings is 1. The van der Waals surface area contributed by atoms with E-state index in [-0.39, 0.29) is 11.3 Å². The minimum Gasteiger partial charge on any atom is -0.480 e. The van der Waals surface area contributed by atoms with Crippen molar-refractivity contribution in [2.75, 3.05) is 0 Å². The number of aliphatic carboxylic acids is 2. The van der Waals surface area contributed by atoms with E-state index in [1.165, 1.54) is 6.92 Å². The second-order valence-corrected chi connectivity index (χ2v) is 3.44. The maximum Gasteiger partial charge on any atom is 0.323 e. The van der Waals surface area contributed by atoms with E-state index in [0.29, 0.717) is 6.21 Å². The molecule has 2 N–H and O–H groups in total. The van der Waals surface area contributed by atoms with Crippen LogP contribution in [-0.4, -0.2) is 28.4 Å². The van der Waals surface area contributed by atoms with Gasteiger partial charge in [0.05, 0.1) is 5.69 Å².